The molecule has 0 atom stereocenters. The van der Waals surface area contributed by atoms with E-state index in [0.29, 0.717) is 12.1 Å². The number of nitrogens with zero attached hydrogens (tertiary/aromatic N) is 4. The maximum Gasteiger partial charge on any atom is 0.416 e. The molecule has 0 N–H and O–H groups in total. The number of hydrogen-bond donors (Lipinski definition) is 0. The highest BCUT2D eigenvalue weighted by Crippen LogP contribution is 2.29. The molecule has 1 aromatic heterocycles. The highest BCUT2D eigenvalue weighted by Gasteiger charge is 2.30. The molecule has 0 radical (unpaired) electrons. The second kappa shape index (κ2) is 8.72. The van der Waals surface area contributed by atoms with Crippen molar-refractivity contribution in [3.63, 3.8) is 0 Å². The minimum Gasteiger partial charge on any atom is -0.336 e. The number of halogens is 3. The summed E-state index contributed by atoms with van der Waals surface area (Å²) in [7, 11) is 1.56. The number of carbonyl (C=O) groups excluding carboxylic acids is 1. The number of allylic oxidation sites excluding steroid dienone is 1. The molecule has 0 aliphatic carbocycles. The molecular formula is C21H19F3N4O. The van der Waals surface area contributed by atoms with E-state index < -0.39 is 11.7 Å². The summed E-state index contributed by atoms with van der Waals surface area (Å²) in [4.78, 5) is 13.9. The minimum absolute atomic E-state index is 0.164. The first-order valence-corrected chi connectivity index (χ1v) is 8.86. The molecule has 0 saturated heterocycles. The van der Waals surface area contributed by atoms with Gasteiger partial charge in [0.15, 0.2) is 5.69 Å². The number of alkyl halides is 3. The first-order valence-electron chi connectivity index (χ1n) is 8.86. The van der Waals surface area contributed by atoms with Crippen LogP contribution in [0.2, 0.25) is 0 Å². The van der Waals surface area contributed by atoms with E-state index in [1.54, 1.807) is 17.9 Å². The van der Waals surface area contributed by atoms with Crippen molar-refractivity contribution in [2.75, 3.05) is 7.05 Å². The van der Waals surface area contributed by atoms with Gasteiger partial charge in [0.2, 0.25) is 0 Å². The van der Waals surface area contributed by atoms with Crippen LogP contribution in [0.15, 0.2) is 66.9 Å². The van der Waals surface area contributed by atoms with Crippen LogP contribution in [0.25, 0.3) is 6.08 Å². The molecule has 0 fully saturated rings. The minimum atomic E-state index is -4.38. The van der Waals surface area contributed by atoms with Gasteiger partial charge in [-0.05, 0) is 23.3 Å². The Morgan fingerprint density at radius 3 is 2.45 bits per heavy atom. The maximum atomic E-state index is 12.6. The summed E-state index contributed by atoms with van der Waals surface area (Å²) in [6, 6.07) is 14.5. The smallest absolute Gasteiger partial charge is 0.336 e. The molecule has 5 nitrogen and oxygen atoms in total. The van der Waals surface area contributed by atoms with Crippen LogP contribution >= 0.6 is 0 Å². The molecule has 29 heavy (non-hydrogen) atoms. The number of rotatable bonds is 6. The molecule has 3 aromatic rings. The molecule has 0 bridgehead atoms. The molecule has 1 heterocycles. The van der Waals surface area contributed by atoms with Gasteiger partial charge in [-0.3, -0.25) is 4.79 Å². The van der Waals surface area contributed by atoms with Gasteiger partial charge in [-0.15, -0.1) is 5.10 Å². The molecule has 0 aliphatic heterocycles. The van der Waals surface area contributed by atoms with Crippen molar-refractivity contribution in [3.8, 4) is 0 Å². The normalized spacial score (nSPS) is 11.7. The Labute approximate surface area is 166 Å². The highest BCUT2D eigenvalue weighted by molar-refractivity contribution is 5.91. The van der Waals surface area contributed by atoms with Crippen molar-refractivity contribution in [2.24, 2.45) is 0 Å². The summed E-state index contributed by atoms with van der Waals surface area (Å²) < 4.78 is 39.4. The Hall–Kier alpha value is -3.42. The lowest BCUT2D eigenvalue weighted by Crippen LogP contribution is -2.26. The molecule has 0 aliphatic rings. The van der Waals surface area contributed by atoms with Crippen molar-refractivity contribution in [2.45, 2.75) is 19.3 Å². The Kier molecular flexibility index (Phi) is 6.11. The van der Waals surface area contributed by atoms with Crippen LogP contribution in [-0.2, 0) is 19.3 Å². The largest absolute Gasteiger partial charge is 0.416 e. The predicted octanol–water partition coefficient (Wildman–Crippen LogP) is 4.28. The fourth-order valence-electron chi connectivity index (χ4n) is 2.69. The standard InChI is InChI=1S/C21H19F3N4O/c1-27(14-17-9-11-18(12-10-17)21(22,23)24)20(29)19-15-28(26-25-19)13-5-8-16-6-3-2-4-7-16/h2-12,15H,13-14H2,1H3. The lowest BCUT2D eigenvalue weighted by molar-refractivity contribution is -0.137. The Morgan fingerprint density at radius 2 is 1.79 bits per heavy atom. The summed E-state index contributed by atoms with van der Waals surface area (Å²) in [5, 5.41) is 7.83. The fourth-order valence-corrected chi connectivity index (χ4v) is 2.69. The zero-order valence-electron chi connectivity index (χ0n) is 15.7. The van der Waals surface area contributed by atoms with E-state index in [1.807, 2.05) is 42.5 Å². The van der Waals surface area contributed by atoms with Gasteiger partial charge in [0, 0.05) is 13.6 Å². The molecule has 3 rings (SSSR count). The summed E-state index contributed by atoms with van der Waals surface area (Å²) in [5.74, 6) is -0.358. The predicted molar refractivity (Wildman–Crippen MR) is 103 cm³/mol. The Morgan fingerprint density at radius 1 is 1.10 bits per heavy atom. The van der Waals surface area contributed by atoms with Crippen molar-refractivity contribution >= 4 is 12.0 Å². The molecule has 0 unspecified atom stereocenters. The zero-order chi connectivity index (χ0) is 20.9. The van der Waals surface area contributed by atoms with Crippen LogP contribution in [0.5, 0.6) is 0 Å². The fraction of sp³-hybridized carbons (Fsp3) is 0.190. The summed E-state index contributed by atoms with van der Waals surface area (Å²) >= 11 is 0. The van der Waals surface area contributed by atoms with Crippen LogP contribution in [-0.4, -0.2) is 32.8 Å². The van der Waals surface area contributed by atoms with E-state index in [2.05, 4.69) is 10.3 Å². The monoisotopic (exact) mass is 400 g/mol. The van der Waals surface area contributed by atoms with Crippen LogP contribution in [0.1, 0.15) is 27.2 Å². The molecule has 0 saturated carbocycles. The second-order valence-corrected chi connectivity index (χ2v) is 6.49. The first-order chi connectivity index (χ1) is 13.8. The zero-order valence-corrected chi connectivity index (χ0v) is 15.7. The van der Waals surface area contributed by atoms with Crippen molar-refractivity contribution in [3.05, 3.63) is 89.3 Å². The van der Waals surface area contributed by atoms with Crippen molar-refractivity contribution in [1.82, 2.24) is 19.9 Å². The van der Waals surface area contributed by atoms with E-state index in [9.17, 15) is 18.0 Å². The van der Waals surface area contributed by atoms with Gasteiger partial charge in [0.05, 0.1) is 18.3 Å². The van der Waals surface area contributed by atoms with Crippen molar-refractivity contribution in [1.29, 1.82) is 0 Å². The Balaban J connectivity index is 1.58. The van der Waals surface area contributed by atoms with E-state index >= 15 is 0 Å². The average Bonchev–Trinajstić information content (AvgIpc) is 3.17. The average molecular weight is 400 g/mol. The first kappa shape index (κ1) is 20.3. The van der Waals surface area contributed by atoms with Gasteiger partial charge in [0.1, 0.15) is 0 Å². The van der Waals surface area contributed by atoms with E-state index in [1.165, 1.54) is 17.0 Å². The second-order valence-electron chi connectivity index (χ2n) is 6.49. The Bertz CT molecular complexity index is 979. The van der Waals surface area contributed by atoms with Gasteiger partial charge in [-0.1, -0.05) is 59.8 Å². The maximum absolute atomic E-state index is 12.6. The van der Waals surface area contributed by atoms with Crippen LogP contribution in [0.4, 0.5) is 13.2 Å². The molecule has 150 valence electrons. The summed E-state index contributed by atoms with van der Waals surface area (Å²) in [6.45, 7) is 0.621. The molecule has 8 heteroatoms. The van der Waals surface area contributed by atoms with E-state index in [0.717, 1.165) is 17.7 Å². The third-order valence-corrected chi connectivity index (χ3v) is 4.21. The highest BCUT2D eigenvalue weighted by atomic mass is 19.4. The molecule has 1 amide bonds. The third kappa shape index (κ3) is 5.54. The third-order valence-electron chi connectivity index (χ3n) is 4.21. The van der Waals surface area contributed by atoms with Crippen LogP contribution in [0, 0.1) is 0 Å². The van der Waals surface area contributed by atoms with Gasteiger partial charge in [-0.25, -0.2) is 4.68 Å². The van der Waals surface area contributed by atoms with Gasteiger partial charge in [-0.2, -0.15) is 13.2 Å². The van der Waals surface area contributed by atoms with Gasteiger partial charge >= 0.3 is 6.18 Å². The number of amides is 1. The molecular weight excluding hydrogens is 381 g/mol. The number of aromatic nitrogens is 3. The lowest BCUT2D eigenvalue weighted by atomic mass is 10.1. The topological polar surface area (TPSA) is 51.0 Å². The number of carbonyl (C=O) groups is 1. The molecule has 2 aromatic carbocycles. The summed E-state index contributed by atoms with van der Waals surface area (Å²) in [6.07, 6.45) is 1.01. The van der Waals surface area contributed by atoms with Crippen LogP contribution in [0.3, 0.4) is 0 Å². The molecule has 0 spiro atoms. The SMILES string of the molecule is CN(Cc1ccc(C(F)(F)F)cc1)C(=O)c1cn(CC=Cc2ccccc2)nn1. The lowest BCUT2D eigenvalue weighted by Gasteiger charge is -2.16. The summed E-state index contributed by atoms with van der Waals surface area (Å²) in [5.41, 5.74) is 1.10. The van der Waals surface area contributed by atoms with E-state index in [-0.39, 0.29) is 18.1 Å². The van der Waals surface area contributed by atoms with E-state index in [4.69, 9.17) is 0 Å². The van der Waals surface area contributed by atoms with Crippen molar-refractivity contribution < 1.29 is 18.0 Å². The number of hydrogen-bond acceptors (Lipinski definition) is 3. The van der Waals surface area contributed by atoms with Gasteiger partial charge < -0.3 is 4.90 Å². The quantitative estimate of drug-likeness (QED) is 0.621. The van der Waals surface area contributed by atoms with Crippen LogP contribution < -0.4 is 0 Å². The number of benzene rings is 2. The van der Waals surface area contributed by atoms with Gasteiger partial charge in [0.25, 0.3) is 5.91 Å².